The smallest absolute Gasteiger partial charge is 0.149 e. The molecule has 0 aliphatic heterocycles. The molecule has 0 N–H and O–H groups in total. The zero-order valence-corrected chi connectivity index (χ0v) is 6.81. The lowest BCUT2D eigenvalue weighted by atomic mass is 10.3. The van der Waals surface area contributed by atoms with E-state index in [0.717, 1.165) is 23.2 Å². The van der Waals surface area contributed by atoms with Gasteiger partial charge in [-0.05, 0) is 22.4 Å². The maximum Gasteiger partial charge on any atom is 0.149 e. The van der Waals surface area contributed by atoms with Crippen LogP contribution >= 0.6 is 15.9 Å². The number of nitrogens with zero attached hydrogens (tertiary/aromatic N) is 1. The molecule has 0 unspecified atom stereocenters. The summed E-state index contributed by atoms with van der Waals surface area (Å²) >= 11 is 3.20. The quantitative estimate of drug-likeness (QED) is 0.715. The second kappa shape index (κ2) is 3.01. The van der Waals surface area contributed by atoms with Gasteiger partial charge in [0.05, 0.1) is 0 Å². The Hall–Kier alpha value is -0.310. The first-order chi connectivity index (χ1) is 4.33. The van der Waals surface area contributed by atoms with E-state index < -0.39 is 0 Å². The third kappa shape index (κ3) is 1.82. The lowest BCUT2D eigenvalue weighted by molar-refractivity contribution is 0.379. The first kappa shape index (κ1) is 6.81. The summed E-state index contributed by atoms with van der Waals surface area (Å²) in [5.41, 5.74) is 0. The van der Waals surface area contributed by atoms with Crippen molar-refractivity contribution in [1.29, 1.82) is 0 Å². The van der Waals surface area contributed by atoms with Crippen LogP contribution in [0.4, 0.5) is 0 Å². The molecule has 0 saturated heterocycles. The van der Waals surface area contributed by atoms with E-state index in [2.05, 4.69) is 28.0 Å². The number of hydrogen-bond acceptors (Lipinski definition) is 2. The topological polar surface area (TPSA) is 26.0 Å². The van der Waals surface area contributed by atoms with Crippen molar-refractivity contribution < 1.29 is 4.52 Å². The second-order valence-electron chi connectivity index (χ2n) is 1.87. The second-order valence-corrected chi connectivity index (χ2v) is 2.68. The van der Waals surface area contributed by atoms with Crippen LogP contribution in [0.1, 0.15) is 19.1 Å². The standard InChI is InChI=1S/C6H8BrNO/c1-2-3-5-4-6(7)8-9-5/h4H,2-3H2,1H3. The fourth-order valence-corrected chi connectivity index (χ4v) is 0.980. The Morgan fingerprint density at radius 3 is 3.00 bits per heavy atom. The predicted octanol–water partition coefficient (Wildman–Crippen LogP) is 2.39. The fourth-order valence-electron chi connectivity index (χ4n) is 0.652. The molecular formula is C6H8BrNO. The largest absolute Gasteiger partial charge is 0.360 e. The van der Waals surface area contributed by atoms with E-state index in [4.69, 9.17) is 4.52 Å². The van der Waals surface area contributed by atoms with E-state index in [9.17, 15) is 0 Å². The van der Waals surface area contributed by atoms with E-state index in [-0.39, 0.29) is 0 Å². The minimum Gasteiger partial charge on any atom is -0.360 e. The molecule has 0 aromatic carbocycles. The number of halogens is 1. The van der Waals surface area contributed by atoms with Gasteiger partial charge in [0.2, 0.25) is 0 Å². The Bertz CT molecular complexity index is 185. The van der Waals surface area contributed by atoms with Gasteiger partial charge in [-0.15, -0.1) is 0 Å². The minimum atomic E-state index is 0.783. The van der Waals surface area contributed by atoms with Gasteiger partial charge in [0, 0.05) is 12.5 Å². The molecule has 1 aromatic heterocycles. The third-order valence-electron chi connectivity index (χ3n) is 1.03. The Kier molecular flexibility index (Phi) is 2.28. The molecule has 0 fully saturated rings. The lowest BCUT2D eigenvalue weighted by Crippen LogP contribution is -1.74. The summed E-state index contributed by atoms with van der Waals surface area (Å²) in [6, 6.07) is 1.89. The SMILES string of the molecule is CCCc1cc(Br)no1. The van der Waals surface area contributed by atoms with Crippen molar-refractivity contribution in [1.82, 2.24) is 5.16 Å². The third-order valence-corrected chi connectivity index (χ3v) is 1.40. The Morgan fingerprint density at radius 2 is 2.56 bits per heavy atom. The van der Waals surface area contributed by atoms with Crippen molar-refractivity contribution in [3.05, 3.63) is 16.4 Å². The fraction of sp³-hybridized carbons (Fsp3) is 0.500. The van der Waals surface area contributed by atoms with Gasteiger partial charge in [0.25, 0.3) is 0 Å². The molecule has 0 spiro atoms. The van der Waals surface area contributed by atoms with Crippen molar-refractivity contribution >= 4 is 15.9 Å². The summed E-state index contributed by atoms with van der Waals surface area (Å²) in [5.74, 6) is 0.948. The summed E-state index contributed by atoms with van der Waals surface area (Å²) in [5, 5.41) is 3.68. The van der Waals surface area contributed by atoms with Gasteiger partial charge < -0.3 is 4.52 Å². The predicted molar refractivity (Wildman–Crippen MR) is 38.2 cm³/mol. The molecule has 0 atom stereocenters. The molecule has 50 valence electrons. The van der Waals surface area contributed by atoms with E-state index in [0.29, 0.717) is 0 Å². The molecular weight excluding hydrogens is 182 g/mol. The summed E-state index contributed by atoms with van der Waals surface area (Å²) in [6.45, 7) is 2.11. The van der Waals surface area contributed by atoms with Crippen LogP contribution in [-0.4, -0.2) is 5.16 Å². The highest BCUT2D eigenvalue weighted by molar-refractivity contribution is 9.10. The maximum absolute atomic E-state index is 4.91. The number of aryl methyl sites for hydroxylation is 1. The van der Waals surface area contributed by atoms with Crippen LogP contribution in [0.2, 0.25) is 0 Å². The zero-order chi connectivity index (χ0) is 6.69. The van der Waals surface area contributed by atoms with Crippen molar-refractivity contribution in [2.75, 3.05) is 0 Å². The molecule has 1 aromatic rings. The van der Waals surface area contributed by atoms with E-state index in [1.807, 2.05) is 6.07 Å². The van der Waals surface area contributed by atoms with Crippen LogP contribution in [0.15, 0.2) is 15.2 Å². The molecule has 1 rings (SSSR count). The van der Waals surface area contributed by atoms with Gasteiger partial charge in [-0.1, -0.05) is 12.1 Å². The van der Waals surface area contributed by atoms with Gasteiger partial charge in [0.15, 0.2) is 0 Å². The number of rotatable bonds is 2. The zero-order valence-electron chi connectivity index (χ0n) is 5.22. The summed E-state index contributed by atoms with van der Waals surface area (Å²) in [7, 11) is 0. The van der Waals surface area contributed by atoms with Gasteiger partial charge in [0.1, 0.15) is 10.4 Å². The summed E-state index contributed by atoms with van der Waals surface area (Å²) in [4.78, 5) is 0. The van der Waals surface area contributed by atoms with Crippen molar-refractivity contribution in [3.63, 3.8) is 0 Å². The molecule has 0 saturated carbocycles. The summed E-state index contributed by atoms with van der Waals surface area (Å²) < 4.78 is 5.69. The first-order valence-corrected chi connectivity index (χ1v) is 3.73. The van der Waals surface area contributed by atoms with Crippen LogP contribution in [0.3, 0.4) is 0 Å². The van der Waals surface area contributed by atoms with Crippen molar-refractivity contribution in [2.24, 2.45) is 0 Å². The lowest BCUT2D eigenvalue weighted by Gasteiger charge is -1.83. The first-order valence-electron chi connectivity index (χ1n) is 2.94. The molecule has 0 amide bonds. The molecule has 1 heterocycles. The molecule has 0 bridgehead atoms. The number of hydrogen-bond donors (Lipinski definition) is 0. The molecule has 2 nitrogen and oxygen atoms in total. The maximum atomic E-state index is 4.91. The van der Waals surface area contributed by atoms with Gasteiger partial charge >= 0.3 is 0 Å². The number of aromatic nitrogens is 1. The molecule has 0 aliphatic carbocycles. The molecule has 0 radical (unpaired) electrons. The van der Waals surface area contributed by atoms with Gasteiger partial charge in [-0.3, -0.25) is 0 Å². The highest BCUT2D eigenvalue weighted by Gasteiger charge is 1.97. The average Bonchev–Trinajstić information content (AvgIpc) is 2.17. The summed E-state index contributed by atoms with van der Waals surface area (Å²) in [6.07, 6.45) is 2.07. The average molecular weight is 190 g/mol. The van der Waals surface area contributed by atoms with Crippen LogP contribution in [-0.2, 0) is 6.42 Å². The molecule has 3 heteroatoms. The van der Waals surface area contributed by atoms with Crippen molar-refractivity contribution in [2.45, 2.75) is 19.8 Å². The van der Waals surface area contributed by atoms with Gasteiger partial charge in [-0.25, -0.2) is 0 Å². The van der Waals surface area contributed by atoms with E-state index in [1.165, 1.54) is 0 Å². The Morgan fingerprint density at radius 1 is 1.78 bits per heavy atom. The van der Waals surface area contributed by atoms with Crippen LogP contribution in [0, 0.1) is 0 Å². The van der Waals surface area contributed by atoms with Crippen LogP contribution in [0.25, 0.3) is 0 Å². The molecule has 0 aliphatic rings. The monoisotopic (exact) mass is 189 g/mol. The van der Waals surface area contributed by atoms with E-state index in [1.54, 1.807) is 0 Å². The Balaban J connectivity index is 2.61. The molecule has 9 heavy (non-hydrogen) atoms. The van der Waals surface area contributed by atoms with E-state index >= 15 is 0 Å². The van der Waals surface area contributed by atoms with Crippen molar-refractivity contribution in [3.8, 4) is 0 Å². The highest BCUT2D eigenvalue weighted by atomic mass is 79.9. The van der Waals surface area contributed by atoms with Crippen LogP contribution in [0.5, 0.6) is 0 Å². The normalized spacial score (nSPS) is 10.0. The Labute approximate surface area is 62.4 Å². The van der Waals surface area contributed by atoms with Crippen LogP contribution < -0.4 is 0 Å². The minimum absolute atomic E-state index is 0.783. The highest BCUT2D eigenvalue weighted by Crippen LogP contribution is 2.10. The van der Waals surface area contributed by atoms with Gasteiger partial charge in [-0.2, -0.15) is 0 Å².